The van der Waals surface area contributed by atoms with E-state index in [1.165, 1.54) is 17.0 Å². The van der Waals surface area contributed by atoms with Crippen molar-refractivity contribution >= 4 is 45.3 Å². The zero-order valence-corrected chi connectivity index (χ0v) is 11.5. The lowest BCUT2D eigenvalue weighted by Crippen LogP contribution is -2.32. The zero-order chi connectivity index (χ0) is 14.2. The van der Waals surface area contributed by atoms with Gasteiger partial charge in [0.05, 0.1) is 20.8 Å². The molecule has 1 atom stereocenters. The molecule has 1 heterocycles. The maximum Gasteiger partial charge on any atom is 0.285 e. The number of carbonyl (C=O) groups is 2. The van der Waals surface area contributed by atoms with Crippen molar-refractivity contribution in [1.29, 1.82) is 0 Å². The number of amides is 2. The minimum absolute atomic E-state index is 0.138. The lowest BCUT2D eigenvalue weighted by Gasteiger charge is -2.22. The Kier molecular flexibility index (Phi) is 3.52. The highest BCUT2D eigenvalue weighted by molar-refractivity contribution is 9.10. The number of nitro groups is 1. The van der Waals surface area contributed by atoms with Gasteiger partial charge in [-0.25, -0.2) is 0 Å². The van der Waals surface area contributed by atoms with Crippen LogP contribution in [-0.2, 0) is 9.59 Å². The lowest BCUT2D eigenvalue weighted by molar-refractivity contribution is -0.385. The predicted octanol–water partition coefficient (Wildman–Crippen LogP) is 2.05. The molecule has 1 aliphatic heterocycles. The van der Waals surface area contributed by atoms with Crippen molar-refractivity contribution in [2.45, 2.75) is 19.4 Å². The fraction of sp³-hybridized carbons (Fsp3) is 0.273. The third-order valence-electron chi connectivity index (χ3n) is 2.88. The minimum Gasteiger partial charge on any atom is -0.324 e. The number of nitrogens with zero attached hydrogens (tertiary/aromatic N) is 2. The van der Waals surface area contributed by atoms with Crippen molar-refractivity contribution in [3.8, 4) is 0 Å². The van der Waals surface area contributed by atoms with Gasteiger partial charge in [0, 0.05) is 18.5 Å². The molecule has 1 aromatic rings. The highest BCUT2D eigenvalue weighted by atomic mass is 79.9. The summed E-state index contributed by atoms with van der Waals surface area (Å²) in [5, 5.41) is 13.4. The molecule has 100 valence electrons. The maximum absolute atomic E-state index is 11.6. The number of carbonyl (C=O) groups excluding carboxylic acids is 2. The summed E-state index contributed by atoms with van der Waals surface area (Å²) in [4.78, 5) is 34.5. The summed E-state index contributed by atoms with van der Waals surface area (Å²) in [7, 11) is 0. The number of rotatable bonds is 2. The molecule has 0 radical (unpaired) electrons. The molecule has 1 aromatic carbocycles. The molecule has 8 heteroatoms. The van der Waals surface area contributed by atoms with Crippen LogP contribution in [0.1, 0.15) is 13.3 Å². The molecule has 2 amide bonds. The molecule has 0 saturated heterocycles. The molecule has 0 fully saturated rings. The van der Waals surface area contributed by atoms with E-state index in [1.807, 2.05) is 0 Å². The number of anilines is 2. The van der Waals surface area contributed by atoms with Crippen molar-refractivity contribution in [2.75, 3.05) is 10.2 Å². The first-order chi connectivity index (χ1) is 8.93. The number of halogens is 1. The average Bonchev–Trinajstić information content (AvgIpc) is 2.42. The third kappa shape index (κ3) is 2.43. The first-order valence-electron chi connectivity index (χ1n) is 5.45. The van der Waals surface area contributed by atoms with Crippen molar-refractivity contribution in [2.24, 2.45) is 0 Å². The Labute approximate surface area is 116 Å². The predicted molar refractivity (Wildman–Crippen MR) is 72.0 cm³/mol. The van der Waals surface area contributed by atoms with Crippen molar-refractivity contribution in [3.63, 3.8) is 0 Å². The van der Waals surface area contributed by atoms with Crippen LogP contribution in [-0.4, -0.2) is 23.3 Å². The number of hydrogen-bond acceptors (Lipinski definition) is 4. The second-order valence-electron chi connectivity index (χ2n) is 4.19. The standard InChI is InChI=1S/C11H10BrN3O4/c1-6-2-11(17)13-8-4-9(15(18)19)7(12)3-10(8)14(6)5-16/h3-6H,2H2,1H3,(H,13,17). The summed E-state index contributed by atoms with van der Waals surface area (Å²) in [6.45, 7) is 1.73. The van der Waals surface area contributed by atoms with Crippen molar-refractivity contribution in [3.05, 3.63) is 26.7 Å². The molecular weight excluding hydrogens is 318 g/mol. The highest BCUT2D eigenvalue weighted by Crippen LogP contribution is 2.38. The second-order valence-corrected chi connectivity index (χ2v) is 5.05. The van der Waals surface area contributed by atoms with Crippen molar-refractivity contribution < 1.29 is 14.5 Å². The van der Waals surface area contributed by atoms with Crippen LogP contribution < -0.4 is 10.2 Å². The van der Waals surface area contributed by atoms with Crippen LogP contribution in [0.2, 0.25) is 0 Å². The van der Waals surface area contributed by atoms with Gasteiger partial charge in [-0.2, -0.15) is 0 Å². The van der Waals surface area contributed by atoms with E-state index >= 15 is 0 Å². The van der Waals surface area contributed by atoms with Crippen LogP contribution in [0.15, 0.2) is 16.6 Å². The first kappa shape index (κ1) is 13.5. The molecular formula is C11H10BrN3O4. The van der Waals surface area contributed by atoms with Crippen LogP contribution >= 0.6 is 15.9 Å². The number of nitro benzene ring substituents is 1. The third-order valence-corrected chi connectivity index (χ3v) is 3.52. The quantitative estimate of drug-likeness (QED) is 0.511. The summed E-state index contributed by atoms with van der Waals surface area (Å²) < 4.78 is 0.256. The van der Waals surface area contributed by atoms with E-state index in [4.69, 9.17) is 0 Å². The monoisotopic (exact) mass is 327 g/mol. The van der Waals surface area contributed by atoms with Gasteiger partial charge in [-0.15, -0.1) is 0 Å². The van der Waals surface area contributed by atoms with E-state index in [0.717, 1.165) is 0 Å². The Balaban J connectivity index is 2.63. The summed E-state index contributed by atoms with van der Waals surface area (Å²) in [6.07, 6.45) is 0.751. The van der Waals surface area contributed by atoms with Gasteiger partial charge in [0.15, 0.2) is 0 Å². The smallest absolute Gasteiger partial charge is 0.285 e. The van der Waals surface area contributed by atoms with Crippen molar-refractivity contribution in [1.82, 2.24) is 0 Å². The number of fused-ring (bicyclic) bond motifs is 1. The van der Waals surface area contributed by atoms with Crippen LogP contribution in [0.25, 0.3) is 0 Å². The Hall–Kier alpha value is -1.96. The largest absolute Gasteiger partial charge is 0.324 e. The fourth-order valence-corrected chi connectivity index (χ4v) is 2.45. The normalized spacial score (nSPS) is 18.3. The first-order valence-corrected chi connectivity index (χ1v) is 6.24. The maximum atomic E-state index is 11.6. The molecule has 1 unspecified atom stereocenters. The number of benzene rings is 1. The Morgan fingerprint density at radius 2 is 2.26 bits per heavy atom. The molecule has 0 aliphatic carbocycles. The molecule has 7 nitrogen and oxygen atoms in total. The topological polar surface area (TPSA) is 92.5 Å². The Bertz CT molecular complexity index is 575. The van der Waals surface area contributed by atoms with Gasteiger partial charge in [-0.3, -0.25) is 19.7 Å². The Morgan fingerprint density at radius 1 is 1.58 bits per heavy atom. The number of hydrogen-bond donors (Lipinski definition) is 1. The van der Waals surface area contributed by atoms with Gasteiger partial charge in [-0.05, 0) is 28.9 Å². The molecule has 1 N–H and O–H groups in total. The number of nitrogens with one attached hydrogen (secondary N) is 1. The summed E-state index contributed by atoms with van der Waals surface area (Å²) in [6, 6.07) is 2.39. The Morgan fingerprint density at radius 3 is 2.84 bits per heavy atom. The van der Waals surface area contributed by atoms with E-state index in [2.05, 4.69) is 21.2 Å². The second kappa shape index (κ2) is 4.96. The van der Waals surface area contributed by atoms with Gasteiger partial charge >= 0.3 is 0 Å². The van der Waals surface area contributed by atoms with Gasteiger partial charge in [0.1, 0.15) is 0 Å². The summed E-state index contributed by atoms with van der Waals surface area (Å²) in [5.74, 6) is -0.283. The van der Waals surface area contributed by atoms with E-state index in [0.29, 0.717) is 12.1 Å². The SMILES string of the molecule is CC1CC(=O)Nc2cc([N+](=O)[O-])c(Br)cc2N1C=O. The van der Waals surface area contributed by atoms with Crippen LogP contribution in [0.3, 0.4) is 0 Å². The molecule has 0 aromatic heterocycles. The summed E-state index contributed by atoms with van der Waals surface area (Å²) >= 11 is 3.10. The van der Waals surface area contributed by atoms with E-state index in [-0.39, 0.29) is 34.2 Å². The molecule has 1 aliphatic rings. The van der Waals surface area contributed by atoms with E-state index in [9.17, 15) is 19.7 Å². The van der Waals surface area contributed by atoms with E-state index in [1.54, 1.807) is 6.92 Å². The van der Waals surface area contributed by atoms with Crippen LogP contribution in [0.4, 0.5) is 17.1 Å². The zero-order valence-electron chi connectivity index (χ0n) is 9.92. The van der Waals surface area contributed by atoms with Crippen LogP contribution in [0, 0.1) is 10.1 Å². The summed E-state index contributed by atoms with van der Waals surface area (Å²) in [5.41, 5.74) is 0.529. The van der Waals surface area contributed by atoms with Gasteiger partial charge in [-0.1, -0.05) is 0 Å². The average molecular weight is 328 g/mol. The van der Waals surface area contributed by atoms with Gasteiger partial charge in [0.2, 0.25) is 12.3 Å². The highest BCUT2D eigenvalue weighted by Gasteiger charge is 2.28. The fourth-order valence-electron chi connectivity index (χ4n) is 1.97. The molecule has 19 heavy (non-hydrogen) atoms. The molecule has 0 spiro atoms. The van der Waals surface area contributed by atoms with Gasteiger partial charge in [0.25, 0.3) is 5.69 Å². The van der Waals surface area contributed by atoms with Crippen LogP contribution in [0.5, 0.6) is 0 Å². The molecule has 0 saturated carbocycles. The van der Waals surface area contributed by atoms with E-state index < -0.39 is 4.92 Å². The molecule has 2 rings (SSSR count). The lowest BCUT2D eigenvalue weighted by atomic mass is 10.2. The van der Waals surface area contributed by atoms with Gasteiger partial charge < -0.3 is 10.2 Å². The minimum atomic E-state index is -0.559. The molecule has 0 bridgehead atoms.